The zero-order valence-corrected chi connectivity index (χ0v) is 11.9. The Balaban J connectivity index is 2.26. The number of fused-ring (bicyclic) bond motifs is 3. The lowest BCUT2D eigenvalue weighted by atomic mass is 10.2. The molecule has 98 valence electrons. The van der Waals surface area contributed by atoms with Crippen LogP contribution in [0.4, 0.5) is 0 Å². The molecule has 6 heteroatoms. The summed E-state index contributed by atoms with van der Waals surface area (Å²) < 4.78 is 7.50. The van der Waals surface area contributed by atoms with Crippen molar-refractivity contribution in [2.75, 3.05) is 13.7 Å². The molecule has 0 unspecified atom stereocenters. The predicted molar refractivity (Wildman–Crippen MR) is 77.4 cm³/mol. The Morgan fingerprint density at radius 1 is 1.47 bits per heavy atom. The van der Waals surface area contributed by atoms with Crippen LogP contribution in [0.1, 0.15) is 0 Å². The van der Waals surface area contributed by atoms with Gasteiger partial charge >= 0.3 is 0 Å². The zero-order valence-electron chi connectivity index (χ0n) is 10.3. The molecule has 19 heavy (non-hydrogen) atoms. The molecule has 0 radical (unpaired) electrons. The highest BCUT2D eigenvalue weighted by atomic mass is 79.9. The van der Waals surface area contributed by atoms with Crippen LogP contribution in [0.2, 0.25) is 0 Å². The Kier molecular flexibility index (Phi) is 3.12. The Hall–Kier alpha value is -1.66. The Labute approximate surface area is 117 Å². The summed E-state index contributed by atoms with van der Waals surface area (Å²) in [6.07, 6.45) is 1.57. The lowest BCUT2D eigenvalue weighted by molar-refractivity contribution is 0.186. The number of H-pyrrole nitrogens is 1. The van der Waals surface area contributed by atoms with E-state index >= 15 is 0 Å². The fourth-order valence-electron chi connectivity index (χ4n) is 2.11. The van der Waals surface area contributed by atoms with Crippen molar-refractivity contribution in [2.24, 2.45) is 0 Å². The number of benzene rings is 1. The molecule has 0 amide bonds. The van der Waals surface area contributed by atoms with Crippen molar-refractivity contribution in [3.05, 3.63) is 39.4 Å². The van der Waals surface area contributed by atoms with E-state index in [4.69, 9.17) is 4.74 Å². The zero-order chi connectivity index (χ0) is 13.4. The summed E-state index contributed by atoms with van der Waals surface area (Å²) in [5.41, 5.74) is 2.07. The molecule has 0 fully saturated rings. The summed E-state index contributed by atoms with van der Waals surface area (Å²) >= 11 is 3.43. The molecule has 3 rings (SSSR count). The highest BCUT2D eigenvalue weighted by molar-refractivity contribution is 9.10. The van der Waals surface area contributed by atoms with Crippen LogP contribution in [-0.2, 0) is 11.3 Å². The number of rotatable bonds is 3. The quantitative estimate of drug-likeness (QED) is 0.805. The van der Waals surface area contributed by atoms with Crippen LogP contribution < -0.4 is 5.56 Å². The third kappa shape index (κ3) is 2.06. The van der Waals surface area contributed by atoms with Crippen LogP contribution in [0.15, 0.2) is 33.8 Å². The topological polar surface area (TPSA) is 59.9 Å². The number of hydrogen-bond donors (Lipinski definition) is 1. The molecule has 5 nitrogen and oxygen atoms in total. The minimum Gasteiger partial charge on any atom is -0.383 e. The van der Waals surface area contributed by atoms with Crippen molar-refractivity contribution < 1.29 is 4.74 Å². The van der Waals surface area contributed by atoms with E-state index in [9.17, 15) is 4.79 Å². The maximum absolute atomic E-state index is 12.3. The summed E-state index contributed by atoms with van der Waals surface area (Å²) in [6, 6.07) is 5.82. The molecule has 0 bridgehead atoms. The van der Waals surface area contributed by atoms with Gasteiger partial charge in [0.1, 0.15) is 11.0 Å². The van der Waals surface area contributed by atoms with Crippen molar-refractivity contribution in [1.29, 1.82) is 0 Å². The van der Waals surface area contributed by atoms with E-state index in [2.05, 4.69) is 25.9 Å². The van der Waals surface area contributed by atoms with Gasteiger partial charge in [0.15, 0.2) is 0 Å². The molecular weight excluding hydrogens is 310 g/mol. The molecule has 1 aromatic carbocycles. The van der Waals surface area contributed by atoms with Crippen molar-refractivity contribution in [3.8, 4) is 0 Å². The molecule has 0 atom stereocenters. The van der Waals surface area contributed by atoms with Crippen LogP contribution in [0.3, 0.4) is 0 Å². The van der Waals surface area contributed by atoms with Gasteiger partial charge in [0.2, 0.25) is 0 Å². The second-order valence-electron chi connectivity index (χ2n) is 4.27. The number of aromatic nitrogens is 3. The highest BCUT2D eigenvalue weighted by Gasteiger charge is 2.10. The molecule has 0 saturated carbocycles. The van der Waals surface area contributed by atoms with Gasteiger partial charge in [-0.2, -0.15) is 0 Å². The number of hydrogen-bond acceptors (Lipinski definition) is 3. The first-order valence-electron chi connectivity index (χ1n) is 5.86. The Morgan fingerprint density at radius 3 is 3.11 bits per heavy atom. The first-order chi connectivity index (χ1) is 9.20. The van der Waals surface area contributed by atoms with Crippen molar-refractivity contribution >= 4 is 37.9 Å². The van der Waals surface area contributed by atoms with Crippen molar-refractivity contribution in [1.82, 2.24) is 14.5 Å². The maximum Gasteiger partial charge on any atom is 0.277 e. The van der Waals surface area contributed by atoms with E-state index in [1.807, 2.05) is 18.2 Å². The van der Waals surface area contributed by atoms with Crippen LogP contribution in [0.25, 0.3) is 21.9 Å². The summed E-state index contributed by atoms with van der Waals surface area (Å²) in [4.78, 5) is 19.8. The third-order valence-corrected chi connectivity index (χ3v) is 3.56. The number of aromatic amines is 1. The molecule has 0 spiro atoms. The smallest absolute Gasteiger partial charge is 0.277 e. The molecule has 1 N–H and O–H groups in total. The van der Waals surface area contributed by atoms with E-state index in [-0.39, 0.29) is 5.56 Å². The minimum atomic E-state index is -0.0747. The molecule has 0 aliphatic rings. The average molecular weight is 322 g/mol. The summed E-state index contributed by atoms with van der Waals surface area (Å²) in [5.74, 6) is 0. The number of halogens is 1. The summed E-state index contributed by atoms with van der Waals surface area (Å²) in [7, 11) is 1.61. The minimum absolute atomic E-state index is 0.0747. The van der Waals surface area contributed by atoms with E-state index < -0.39 is 0 Å². The van der Waals surface area contributed by atoms with Crippen LogP contribution >= 0.6 is 15.9 Å². The van der Waals surface area contributed by atoms with Gasteiger partial charge in [-0.15, -0.1) is 0 Å². The van der Waals surface area contributed by atoms with E-state index in [0.717, 1.165) is 15.4 Å². The molecule has 2 heterocycles. The fourth-order valence-corrected chi connectivity index (χ4v) is 2.47. The largest absolute Gasteiger partial charge is 0.383 e. The highest BCUT2D eigenvalue weighted by Crippen LogP contribution is 2.24. The SMILES string of the molecule is COCCn1cnc2c([nH]c3ccc(Br)cc32)c1=O. The van der Waals surface area contributed by atoms with E-state index in [1.54, 1.807) is 18.0 Å². The first kappa shape index (κ1) is 12.4. The summed E-state index contributed by atoms with van der Waals surface area (Å²) in [6.45, 7) is 0.982. The number of nitrogens with one attached hydrogen (secondary N) is 1. The predicted octanol–water partition coefficient (Wildman–Crippen LogP) is 2.29. The maximum atomic E-state index is 12.3. The van der Waals surface area contributed by atoms with E-state index in [1.165, 1.54) is 0 Å². The van der Waals surface area contributed by atoms with Gasteiger partial charge in [0.25, 0.3) is 5.56 Å². The monoisotopic (exact) mass is 321 g/mol. The molecule has 2 aromatic heterocycles. The average Bonchev–Trinajstić information content (AvgIpc) is 2.77. The van der Waals surface area contributed by atoms with E-state index in [0.29, 0.717) is 24.2 Å². The number of ether oxygens (including phenoxy) is 1. The number of nitrogens with zero attached hydrogens (tertiary/aromatic N) is 2. The lowest BCUT2D eigenvalue weighted by Crippen LogP contribution is -2.22. The molecular formula is C13H12BrN3O2. The van der Waals surface area contributed by atoms with Crippen LogP contribution in [0, 0.1) is 0 Å². The summed E-state index contributed by atoms with van der Waals surface area (Å²) in [5, 5.41) is 0.945. The van der Waals surface area contributed by atoms with Gasteiger partial charge in [-0.1, -0.05) is 15.9 Å². The van der Waals surface area contributed by atoms with Gasteiger partial charge in [0.05, 0.1) is 19.5 Å². The lowest BCUT2D eigenvalue weighted by Gasteiger charge is -2.03. The van der Waals surface area contributed by atoms with Gasteiger partial charge in [-0.3, -0.25) is 9.36 Å². The third-order valence-electron chi connectivity index (χ3n) is 3.07. The second kappa shape index (κ2) is 4.79. The van der Waals surface area contributed by atoms with Gasteiger partial charge < -0.3 is 9.72 Å². The van der Waals surface area contributed by atoms with Crippen LogP contribution in [0.5, 0.6) is 0 Å². The van der Waals surface area contributed by atoms with Gasteiger partial charge in [-0.25, -0.2) is 4.98 Å². The first-order valence-corrected chi connectivity index (χ1v) is 6.65. The van der Waals surface area contributed by atoms with Crippen molar-refractivity contribution in [2.45, 2.75) is 6.54 Å². The molecule has 0 saturated heterocycles. The molecule has 3 aromatic rings. The molecule has 0 aliphatic carbocycles. The standard InChI is InChI=1S/C13H12BrN3O2/c1-19-5-4-17-7-15-11-9-6-8(14)2-3-10(9)16-12(11)13(17)18/h2-3,6-7,16H,4-5H2,1H3. The number of methoxy groups -OCH3 is 1. The van der Waals surface area contributed by atoms with Crippen LogP contribution in [-0.4, -0.2) is 28.3 Å². The van der Waals surface area contributed by atoms with Gasteiger partial charge in [0, 0.05) is 22.5 Å². The molecule has 0 aliphatic heterocycles. The Morgan fingerprint density at radius 2 is 2.32 bits per heavy atom. The van der Waals surface area contributed by atoms with Crippen molar-refractivity contribution in [3.63, 3.8) is 0 Å². The normalized spacial score (nSPS) is 11.5. The van der Waals surface area contributed by atoms with Gasteiger partial charge in [-0.05, 0) is 18.2 Å². The second-order valence-corrected chi connectivity index (χ2v) is 5.19. The fraction of sp³-hybridized carbons (Fsp3) is 0.231. The Bertz CT molecular complexity index is 807.